The number of piperidine rings is 1. The first-order chi connectivity index (χ1) is 20.1. The highest BCUT2D eigenvalue weighted by Crippen LogP contribution is 2.34. The third kappa shape index (κ3) is 6.91. The maximum Gasteiger partial charge on any atom is 0.393 e. The van der Waals surface area contributed by atoms with Crippen molar-refractivity contribution in [3.63, 3.8) is 0 Å². The smallest absolute Gasteiger partial charge is 0.367 e. The van der Waals surface area contributed by atoms with Crippen LogP contribution < -0.4 is 10.6 Å². The predicted molar refractivity (Wildman–Crippen MR) is 158 cm³/mol. The molecule has 3 N–H and O–H groups in total. The molecule has 3 aromatic heterocycles. The zero-order valence-corrected chi connectivity index (χ0v) is 24.0. The number of carbonyl (C=O) groups excluding carboxylic acids is 1. The summed E-state index contributed by atoms with van der Waals surface area (Å²) in [6.07, 6.45) is 0.675. The number of alkyl halides is 3. The van der Waals surface area contributed by atoms with E-state index in [1.165, 1.54) is 18.0 Å². The summed E-state index contributed by atoms with van der Waals surface area (Å²) < 4.78 is 39.0. The molecule has 1 saturated heterocycles. The third-order valence-corrected chi connectivity index (χ3v) is 8.85. The van der Waals surface area contributed by atoms with E-state index in [1.807, 2.05) is 12.1 Å². The van der Waals surface area contributed by atoms with E-state index in [2.05, 4.69) is 56.1 Å². The number of likely N-dealkylation sites (tertiary alicyclic amines) is 1. The van der Waals surface area contributed by atoms with E-state index in [9.17, 15) is 23.2 Å². The minimum atomic E-state index is -4.28. The highest BCUT2D eigenvalue weighted by Gasteiger charge is 2.31. The van der Waals surface area contributed by atoms with E-state index in [0.717, 1.165) is 66.6 Å². The van der Waals surface area contributed by atoms with Gasteiger partial charge in [-0.05, 0) is 68.0 Å². The number of aromatic nitrogens is 3. The summed E-state index contributed by atoms with van der Waals surface area (Å²) in [5.41, 5.74) is 3.80. The lowest BCUT2D eigenvalue weighted by molar-refractivity contribution is -0.126. The Balaban J connectivity index is 1.32. The number of nitrogens with one attached hydrogen (secondary N) is 3. The lowest BCUT2D eigenvalue weighted by Gasteiger charge is -2.40. The molecule has 1 aromatic carbocycles. The number of hydrogen-bond acceptors (Lipinski definition) is 7. The van der Waals surface area contributed by atoms with Gasteiger partial charge in [-0.25, -0.2) is 9.97 Å². The average Bonchev–Trinajstić information content (AvgIpc) is 3.57. The van der Waals surface area contributed by atoms with Gasteiger partial charge in [-0.15, -0.1) is 11.3 Å². The van der Waals surface area contributed by atoms with Gasteiger partial charge in [0.2, 0.25) is 5.91 Å². The fourth-order valence-electron chi connectivity index (χ4n) is 5.70. The minimum absolute atomic E-state index is 0.0736. The van der Waals surface area contributed by atoms with E-state index >= 15 is 0 Å². The first kappa shape index (κ1) is 29.5. The second-order valence-corrected chi connectivity index (χ2v) is 11.8. The fraction of sp³-hybridized carbons (Fsp3) is 0.400. The van der Waals surface area contributed by atoms with E-state index in [0.29, 0.717) is 28.3 Å². The van der Waals surface area contributed by atoms with Crippen LogP contribution in [0.5, 0.6) is 0 Å². The first-order valence-electron chi connectivity index (χ1n) is 13.9. The van der Waals surface area contributed by atoms with E-state index in [4.69, 9.17) is 0 Å². The molecule has 12 heteroatoms. The molecule has 4 heterocycles. The molecule has 0 aliphatic carbocycles. The molecule has 2 unspecified atom stereocenters. The molecule has 0 spiro atoms. The number of carbonyl (C=O) groups is 1. The molecule has 1 aliphatic heterocycles. The Morgan fingerprint density at radius 2 is 2.14 bits per heavy atom. The maximum atomic E-state index is 13.0. The van der Waals surface area contributed by atoms with E-state index in [1.54, 1.807) is 6.07 Å². The van der Waals surface area contributed by atoms with Gasteiger partial charge in [-0.2, -0.15) is 18.4 Å². The lowest BCUT2D eigenvalue weighted by atomic mass is 9.92. The molecule has 5 rings (SSSR count). The van der Waals surface area contributed by atoms with Crippen LogP contribution in [0.2, 0.25) is 0 Å². The molecule has 220 valence electrons. The zero-order chi connectivity index (χ0) is 29.9. The van der Waals surface area contributed by atoms with Crippen molar-refractivity contribution in [2.75, 3.05) is 18.4 Å². The van der Waals surface area contributed by atoms with Crippen LogP contribution in [-0.4, -0.2) is 57.1 Å². The molecule has 0 saturated carbocycles. The molecule has 8 nitrogen and oxygen atoms in total. The largest absolute Gasteiger partial charge is 0.393 e. The van der Waals surface area contributed by atoms with Crippen molar-refractivity contribution in [1.82, 2.24) is 25.2 Å². The van der Waals surface area contributed by atoms with Gasteiger partial charge < -0.3 is 15.6 Å². The van der Waals surface area contributed by atoms with Crippen molar-refractivity contribution >= 4 is 44.2 Å². The van der Waals surface area contributed by atoms with Crippen molar-refractivity contribution in [3.05, 3.63) is 64.9 Å². The number of nitrogens with zero attached hydrogens (tertiary/aromatic N) is 4. The highest BCUT2D eigenvalue weighted by molar-refractivity contribution is 7.18. The SMILES string of the molecule is C=CC(=O)NCCCC1CC(Nc2ncnc3sc(CC(F)(F)F)cc23)CCN1Cc1ccc2[nH]c(C#N)cc2c1C. The average molecular weight is 596 g/mol. The number of amides is 1. The monoisotopic (exact) mass is 595 g/mol. The van der Waals surface area contributed by atoms with Gasteiger partial charge in [-0.3, -0.25) is 9.69 Å². The van der Waals surface area contributed by atoms with Gasteiger partial charge >= 0.3 is 6.18 Å². The molecule has 1 fully saturated rings. The number of aromatic amines is 1. The Morgan fingerprint density at radius 1 is 1.31 bits per heavy atom. The summed E-state index contributed by atoms with van der Waals surface area (Å²) in [6.45, 7) is 7.68. The highest BCUT2D eigenvalue weighted by atomic mass is 32.1. The maximum absolute atomic E-state index is 13.0. The quantitative estimate of drug-likeness (QED) is 0.154. The van der Waals surface area contributed by atoms with Gasteiger partial charge in [0.15, 0.2) is 0 Å². The summed E-state index contributed by atoms with van der Waals surface area (Å²) in [5, 5.41) is 17.3. The molecular formula is C30H32F3N7OS. The zero-order valence-electron chi connectivity index (χ0n) is 23.2. The molecule has 1 amide bonds. The summed E-state index contributed by atoms with van der Waals surface area (Å²) in [7, 11) is 0. The van der Waals surface area contributed by atoms with Gasteiger partial charge in [-0.1, -0.05) is 12.6 Å². The number of benzene rings is 1. The molecule has 1 aliphatic rings. The second-order valence-electron chi connectivity index (χ2n) is 10.7. The number of nitriles is 1. The summed E-state index contributed by atoms with van der Waals surface area (Å²) in [6, 6.07) is 10.00. The van der Waals surface area contributed by atoms with E-state index < -0.39 is 12.6 Å². The van der Waals surface area contributed by atoms with Crippen molar-refractivity contribution in [3.8, 4) is 6.07 Å². The van der Waals surface area contributed by atoms with Gasteiger partial charge in [0.25, 0.3) is 0 Å². The van der Waals surface area contributed by atoms with Crippen molar-refractivity contribution in [1.29, 1.82) is 5.26 Å². The Morgan fingerprint density at radius 3 is 2.90 bits per heavy atom. The van der Waals surface area contributed by atoms with Crippen molar-refractivity contribution in [2.45, 2.75) is 63.8 Å². The molecule has 0 radical (unpaired) electrons. The number of hydrogen-bond donors (Lipinski definition) is 3. The predicted octanol–water partition coefficient (Wildman–Crippen LogP) is 5.99. The topological polar surface area (TPSA) is 110 Å². The fourth-order valence-corrected chi connectivity index (χ4v) is 6.73. The minimum Gasteiger partial charge on any atom is -0.367 e. The van der Waals surface area contributed by atoms with Crippen LogP contribution in [-0.2, 0) is 17.8 Å². The molecular weight excluding hydrogens is 563 g/mol. The first-order valence-corrected chi connectivity index (χ1v) is 14.7. The number of H-pyrrole nitrogens is 1. The van der Waals surface area contributed by atoms with Crippen LogP contribution in [0.15, 0.2) is 43.2 Å². The molecule has 0 bridgehead atoms. The van der Waals surface area contributed by atoms with Crippen LogP contribution in [0.1, 0.15) is 47.4 Å². The number of anilines is 1. The number of halogens is 3. The van der Waals surface area contributed by atoms with Gasteiger partial charge in [0.05, 0.1) is 11.8 Å². The molecule has 42 heavy (non-hydrogen) atoms. The summed E-state index contributed by atoms with van der Waals surface area (Å²) in [4.78, 5) is 26.6. The Bertz CT molecular complexity index is 1640. The van der Waals surface area contributed by atoms with Crippen molar-refractivity contribution < 1.29 is 18.0 Å². The third-order valence-electron chi connectivity index (χ3n) is 7.81. The van der Waals surface area contributed by atoms with Crippen LogP contribution in [0.3, 0.4) is 0 Å². The molecule has 2 atom stereocenters. The number of thiophene rings is 1. The van der Waals surface area contributed by atoms with E-state index in [-0.39, 0.29) is 22.9 Å². The van der Waals surface area contributed by atoms with Gasteiger partial charge in [0.1, 0.15) is 28.7 Å². The summed E-state index contributed by atoms with van der Waals surface area (Å²) in [5.74, 6) is 0.359. The summed E-state index contributed by atoms with van der Waals surface area (Å²) >= 11 is 1.04. The second kappa shape index (κ2) is 12.5. The standard InChI is InChI=1S/C30H32F3N7OS/c1-3-27(41)35-9-4-5-22-11-20(39-28-25-13-23(14-30(31,32)33)42-29(25)37-17-36-28)8-10-40(22)16-19-6-7-26-24(18(19)2)12-21(15-34)38-26/h3,6-7,12-13,17,20,22,38H,1,4-5,8-11,14,16H2,2H3,(H,35,41)(H,36,37,39). The number of fused-ring (bicyclic) bond motifs is 2. The van der Waals surface area contributed by atoms with Crippen LogP contribution >= 0.6 is 11.3 Å². The van der Waals surface area contributed by atoms with Gasteiger partial charge in [0, 0.05) is 47.5 Å². The number of rotatable bonds is 10. The normalized spacial score (nSPS) is 17.8. The Hall–Kier alpha value is -3.95. The molecule has 4 aromatic rings. The number of aryl methyl sites for hydroxylation is 1. The Labute approximate surface area is 245 Å². The van der Waals surface area contributed by atoms with Crippen LogP contribution in [0.4, 0.5) is 19.0 Å². The lowest BCUT2D eigenvalue weighted by Crippen LogP contribution is -2.46. The Kier molecular flexibility index (Phi) is 8.80. The van der Waals surface area contributed by atoms with Crippen LogP contribution in [0.25, 0.3) is 21.1 Å². The van der Waals surface area contributed by atoms with Crippen LogP contribution in [0, 0.1) is 18.3 Å². The van der Waals surface area contributed by atoms with Crippen molar-refractivity contribution in [2.24, 2.45) is 0 Å².